The molecule has 0 bridgehead atoms. The fourth-order valence-electron chi connectivity index (χ4n) is 5.32. The van der Waals surface area contributed by atoms with Crippen LogP contribution in [0.4, 0.5) is 11.8 Å². The minimum absolute atomic E-state index is 0.0383. The van der Waals surface area contributed by atoms with E-state index < -0.39 is 83.5 Å². The monoisotopic (exact) mass is 674 g/mol. The molecule has 7 heterocycles. The second-order valence-corrected chi connectivity index (χ2v) is 13.0. The summed E-state index contributed by atoms with van der Waals surface area (Å²) in [6, 6.07) is 0. The van der Waals surface area contributed by atoms with Crippen molar-refractivity contribution >= 4 is 49.7 Å². The van der Waals surface area contributed by atoms with Gasteiger partial charge >= 0.3 is 15.6 Å². The number of hydrogen-bond donors (Lipinski definition) is 7. The number of H-pyrrole nitrogens is 1. The number of fused-ring (bicyclic) bond motifs is 4. The first-order chi connectivity index (χ1) is 21.3. The standard InChI is InChI=1S/C20H24N10O13P2/c21-14-8-15(24-3-23-14)29(4-25-8)18-10(31)12-6(40-18)1-38-45(36,37)43-13-7(2-39-44(34,35)42-12)41-19(11(13)32)30-5-26-9-16(30)27-20(22)28-17(9)33/h3-7,10-13,18-19,31-32H,1-2H2,(H,34,35)(H,36,37)(H2,21,23,24)(H3,22,27,28,33)/t6-,7-,10+,11?,12+,13+,18?,19-/m1/s1. The average Bonchev–Trinajstić information content (AvgIpc) is 3.72. The van der Waals surface area contributed by atoms with E-state index in [1.165, 1.54) is 10.9 Å². The zero-order chi connectivity index (χ0) is 31.8. The van der Waals surface area contributed by atoms with E-state index in [0.717, 1.165) is 17.2 Å². The van der Waals surface area contributed by atoms with Gasteiger partial charge in [-0.3, -0.25) is 37.0 Å². The zero-order valence-electron chi connectivity index (χ0n) is 22.4. The van der Waals surface area contributed by atoms with Crippen LogP contribution >= 0.6 is 15.6 Å². The van der Waals surface area contributed by atoms with Crippen LogP contribution in [0.5, 0.6) is 0 Å². The van der Waals surface area contributed by atoms with Crippen LogP contribution in [0.3, 0.4) is 0 Å². The minimum Gasteiger partial charge on any atom is -0.386 e. The van der Waals surface area contributed by atoms with E-state index in [1.807, 2.05) is 0 Å². The van der Waals surface area contributed by atoms with Gasteiger partial charge in [-0.1, -0.05) is 0 Å². The van der Waals surface area contributed by atoms with Gasteiger partial charge in [0.15, 0.2) is 35.1 Å². The lowest BCUT2D eigenvalue weighted by Crippen LogP contribution is -2.39. The molecular formula is C20H24N10O13P2. The van der Waals surface area contributed by atoms with Gasteiger partial charge < -0.3 is 40.9 Å². The van der Waals surface area contributed by atoms with Gasteiger partial charge in [-0.2, -0.15) is 4.98 Å². The second-order valence-electron chi connectivity index (χ2n) is 10.1. The molecule has 23 nitrogen and oxygen atoms in total. The summed E-state index contributed by atoms with van der Waals surface area (Å²) in [5.74, 6) is -0.230. The zero-order valence-corrected chi connectivity index (χ0v) is 24.2. The molecule has 3 aliphatic rings. The summed E-state index contributed by atoms with van der Waals surface area (Å²) in [6.07, 6.45) is -9.11. The first-order valence-corrected chi connectivity index (χ1v) is 15.9. The molecule has 3 fully saturated rings. The molecule has 4 aromatic rings. The third kappa shape index (κ3) is 5.31. The Kier molecular flexibility index (Phi) is 7.27. The number of phosphoric acid groups is 2. The van der Waals surface area contributed by atoms with E-state index >= 15 is 0 Å². The number of aromatic amines is 1. The van der Waals surface area contributed by atoms with Gasteiger partial charge in [-0.25, -0.2) is 29.1 Å². The molecule has 3 saturated heterocycles. The molecule has 45 heavy (non-hydrogen) atoms. The Morgan fingerprint density at radius 2 is 1.36 bits per heavy atom. The van der Waals surface area contributed by atoms with Gasteiger partial charge in [0.25, 0.3) is 5.56 Å². The highest BCUT2D eigenvalue weighted by atomic mass is 31.2. The molecule has 242 valence electrons. The number of aliphatic hydroxyl groups is 2. The lowest BCUT2D eigenvalue weighted by atomic mass is 10.1. The molecule has 3 aliphatic heterocycles. The molecule has 10 atom stereocenters. The predicted octanol–water partition coefficient (Wildman–Crippen LogP) is -2.34. The Morgan fingerprint density at radius 1 is 0.822 bits per heavy atom. The van der Waals surface area contributed by atoms with E-state index in [0.29, 0.717) is 0 Å². The highest BCUT2D eigenvalue weighted by Gasteiger charge is 2.54. The van der Waals surface area contributed by atoms with E-state index in [4.69, 9.17) is 39.0 Å². The molecule has 0 aromatic carbocycles. The number of anilines is 2. The predicted molar refractivity (Wildman–Crippen MR) is 143 cm³/mol. The Bertz CT molecular complexity index is 1940. The van der Waals surface area contributed by atoms with Crippen molar-refractivity contribution in [1.82, 2.24) is 39.0 Å². The molecule has 9 N–H and O–H groups in total. The lowest BCUT2D eigenvalue weighted by Gasteiger charge is -2.27. The number of nitrogens with one attached hydrogen (secondary N) is 1. The fraction of sp³-hybridized carbons (Fsp3) is 0.500. The maximum atomic E-state index is 13.1. The molecule has 0 saturated carbocycles. The van der Waals surface area contributed by atoms with Gasteiger partial charge in [0.1, 0.15) is 48.5 Å². The van der Waals surface area contributed by atoms with Crippen LogP contribution in [0, 0.1) is 0 Å². The lowest BCUT2D eigenvalue weighted by molar-refractivity contribution is -0.0664. The summed E-state index contributed by atoms with van der Waals surface area (Å²) in [5.41, 5.74) is 10.8. The maximum absolute atomic E-state index is 13.1. The highest BCUT2D eigenvalue weighted by molar-refractivity contribution is 7.47. The van der Waals surface area contributed by atoms with Crippen LogP contribution in [0.25, 0.3) is 22.3 Å². The Labute approximate surface area is 248 Å². The topological polar surface area (TPSA) is 330 Å². The molecule has 0 radical (unpaired) electrons. The number of phosphoric ester groups is 2. The third-order valence-electron chi connectivity index (χ3n) is 7.32. The van der Waals surface area contributed by atoms with Crippen LogP contribution in [0.15, 0.2) is 23.8 Å². The number of nitrogens with two attached hydrogens (primary N) is 2. The van der Waals surface area contributed by atoms with Gasteiger partial charge in [0, 0.05) is 0 Å². The number of nitrogen functional groups attached to an aromatic ring is 2. The molecule has 0 aliphatic carbocycles. The molecule has 4 aromatic heterocycles. The van der Waals surface area contributed by atoms with Crippen molar-refractivity contribution in [2.24, 2.45) is 0 Å². The van der Waals surface area contributed by atoms with Gasteiger partial charge in [0.2, 0.25) is 5.95 Å². The Morgan fingerprint density at radius 3 is 1.93 bits per heavy atom. The number of ether oxygens (including phenoxy) is 2. The SMILES string of the molecule is Nc1nc2c(ncn2[C@@H]2O[C@@H]3COP(=O)(O)O[C@@H]4[C@H](O)C(n5cnc6c(N)ncnc65)O[C@@H]4COP(=O)(O)O[C@@H]3C2O)c(=O)[nH]1. The van der Waals surface area contributed by atoms with Crippen molar-refractivity contribution in [3.05, 3.63) is 29.3 Å². The molecule has 7 rings (SSSR count). The number of aliphatic hydroxyl groups excluding tert-OH is 2. The first kappa shape index (κ1) is 30.2. The summed E-state index contributed by atoms with van der Waals surface area (Å²) in [5, 5.41) is 22.2. The van der Waals surface area contributed by atoms with E-state index in [1.54, 1.807) is 0 Å². The first-order valence-electron chi connectivity index (χ1n) is 13.0. The van der Waals surface area contributed by atoms with E-state index in [9.17, 15) is 33.9 Å². The molecule has 4 unspecified atom stereocenters. The van der Waals surface area contributed by atoms with Crippen molar-refractivity contribution < 1.29 is 56.7 Å². The van der Waals surface area contributed by atoms with Crippen molar-refractivity contribution in [1.29, 1.82) is 0 Å². The molecule has 0 spiro atoms. The average molecular weight is 674 g/mol. The summed E-state index contributed by atoms with van der Waals surface area (Å²) in [4.78, 5) is 55.6. The minimum atomic E-state index is -5.06. The quantitative estimate of drug-likeness (QED) is 0.109. The van der Waals surface area contributed by atoms with E-state index in [-0.39, 0.29) is 34.1 Å². The Hall–Kier alpha value is -3.44. The van der Waals surface area contributed by atoms with Crippen molar-refractivity contribution in [2.75, 3.05) is 24.7 Å². The van der Waals surface area contributed by atoms with Crippen molar-refractivity contribution in [2.45, 2.75) is 49.1 Å². The second kappa shape index (κ2) is 10.8. The summed E-state index contributed by atoms with van der Waals surface area (Å²) in [7, 11) is -10.1. The number of imidazole rings is 2. The number of nitrogens with zero attached hydrogens (tertiary/aromatic N) is 7. The number of aromatic nitrogens is 8. The summed E-state index contributed by atoms with van der Waals surface area (Å²) in [6.45, 7) is -1.65. The van der Waals surface area contributed by atoms with Crippen molar-refractivity contribution in [3.8, 4) is 0 Å². The molecule has 25 heteroatoms. The van der Waals surface area contributed by atoms with Crippen LogP contribution in [-0.4, -0.2) is 109 Å². The molecule has 0 amide bonds. The normalized spacial score (nSPS) is 37.7. The van der Waals surface area contributed by atoms with Crippen molar-refractivity contribution in [3.63, 3.8) is 0 Å². The van der Waals surface area contributed by atoms with E-state index in [2.05, 4.69) is 29.9 Å². The maximum Gasteiger partial charge on any atom is 0.472 e. The number of rotatable bonds is 2. The van der Waals surface area contributed by atoms with Gasteiger partial charge in [-0.05, 0) is 0 Å². The smallest absolute Gasteiger partial charge is 0.386 e. The Balaban J connectivity index is 1.17. The number of hydrogen-bond acceptors (Lipinski definition) is 18. The largest absolute Gasteiger partial charge is 0.472 e. The highest BCUT2D eigenvalue weighted by Crippen LogP contribution is 2.53. The van der Waals surface area contributed by atoms with Gasteiger partial charge in [0.05, 0.1) is 25.9 Å². The summed E-state index contributed by atoms with van der Waals surface area (Å²) >= 11 is 0. The van der Waals surface area contributed by atoms with Crippen LogP contribution in [0.1, 0.15) is 12.5 Å². The van der Waals surface area contributed by atoms with Crippen LogP contribution < -0.4 is 17.0 Å². The molecular weight excluding hydrogens is 650 g/mol. The van der Waals surface area contributed by atoms with Crippen LogP contribution in [-0.2, 0) is 36.7 Å². The van der Waals surface area contributed by atoms with Gasteiger partial charge in [-0.15, -0.1) is 0 Å². The van der Waals surface area contributed by atoms with Crippen LogP contribution in [0.2, 0.25) is 0 Å². The summed E-state index contributed by atoms with van der Waals surface area (Å²) < 4.78 is 60.9. The fourth-order valence-corrected chi connectivity index (χ4v) is 7.25. The third-order valence-corrected chi connectivity index (χ3v) is 9.29.